The maximum Gasteiger partial charge on any atom is 0.326 e. The van der Waals surface area contributed by atoms with Crippen LogP contribution in [-0.4, -0.2) is 59.5 Å². The first kappa shape index (κ1) is 28.1. The third-order valence-corrected chi connectivity index (χ3v) is 5.14. The van der Waals surface area contributed by atoms with E-state index < -0.39 is 47.9 Å². The molecular weight excluding hydrogens is 426 g/mol. The number of aliphatic carboxylic acids is 1. The highest BCUT2D eigenvalue weighted by atomic mass is 16.4. The predicted molar refractivity (Wildman–Crippen MR) is 125 cm³/mol. The predicted octanol–water partition coefficient (Wildman–Crippen LogP) is -0.0997. The Hall–Kier alpha value is -2.98. The Bertz CT molecular complexity index is 785. The van der Waals surface area contributed by atoms with Crippen LogP contribution >= 0.6 is 0 Å². The summed E-state index contributed by atoms with van der Waals surface area (Å²) in [6, 6.07) is 5.11. The molecule has 0 radical (unpaired) electrons. The molecule has 1 aromatic carbocycles. The Morgan fingerprint density at radius 1 is 0.879 bits per heavy atom. The van der Waals surface area contributed by atoms with E-state index in [1.807, 2.05) is 6.07 Å². The first-order valence-electron chi connectivity index (χ1n) is 11.2. The number of nitrogens with two attached hydrogens (primary N) is 2. The van der Waals surface area contributed by atoms with E-state index in [4.69, 9.17) is 11.5 Å². The van der Waals surface area contributed by atoms with Crippen LogP contribution in [0.1, 0.15) is 45.6 Å². The van der Waals surface area contributed by atoms with Crippen molar-refractivity contribution in [2.75, 3.05) is 6.54 Å². The van der Waals surface area contributed by atoms with Gasteiger partial charge in [-0.05, 0) is 44.2 Å². The van der Waals surface area contributed by atoms with Gasteiger partial charge in [0.1, 0.15) is 18.1 Å². The van der Waals surface area contributed by atoms with E-state index in [0.29, 0.717) is 25.8 Å². The van der Waals surface area contributed by atoms with E-state index in [-0.39, 0.29) is 12.3 Å². The van der Waals surface area contributed by atoms with Crippen molar-refractivity contribution in [2.24, 2.45) is 17.4 Å². The minimum absolute atomic E-state index is 0.104. The second kappa shape index (κ2) is 14.2. The number of nitrogens with one attached hydrogen (secondary N) is 3. The molecule has 10 nitrogen and oxygen atoms in total. The number of hydrogen-bond donors (Lipinski definition) is 6. The molecule has 0 aliphatic rings. The molecule has 0 saturated heterocycles. The van der Waals surface area contributed by atoms with Gasteiger partial charge in [-0.25, -0.2) is 4.79 Å². The van der Waals surface area contributed by atoms with E-state index in [1.165, 1.54) is 6.92 Å². The number of rotatable bonds is 14. The third kappa shape index (κ3) is 10.0. The van der Waals surface area contributed by atoms with Crippen LogP contribution < -0.4 is 27.4 Å². The van der Waals surface area contributed by atoms with E-state index in [2.05, 4.69) is 16.0 Å². The number of benzene rings is 1. The average Bonchev–Trinajstić information content (AvgIpc) is 2.76. The van der Waals surface area contributed by atoms with Gasteiger partial charge in [-0.15, -0.1) is 0 Å². The third-order valence-electron chi connectivity index (χ3n) is 5.14. The molecule has 0 saturated carbocycles. The highest BCUT2D eigenvalue weighted by molar-refractivity contribution is 5.94. The molecular formula is C23H37N5O5. The highest BCUT2D eigenvalue weighted by Gasteiger charge is 2.31. The summed E-state index contributed by atoms with van der Waals surface area (Å²) in [6.07, 6.45) is 1.71. The molecule has 8 N–H and O–H groups in total. The van der Waals surface area contributed by atoms with Gasteiger partial charge in [0.15, 0.2) is 0 Å². The fraction of sp³-hybridized carbons (Fsp3) is 0.565. The fourth-order valence-corrected chi connectivity index (χ4v) is 3.16. The molecule has 0 spiro atoms. The van der Waals surface area contributed by atoms with Crippen molar-refractivity contribution in [1.82, 2.24) is 16.0 Å². The lowest BCUT2D eigenvalue weighted by atomic mass is 10.00. The molecule has 33 heavy (non-hydrogen) atoms. The molecule has 0 aliphatic heterocycles. The Morgan fingerprint density at radius 3 is 2.00 bits per heavy atom. The van der Waals surface area contributed by atoms with Crippen molar-refractivity contribution in [2.45, 2.75) is 70.6 Å². The van der Waals surface area contributed by atoms with Crippen molar-refractivity contribution >= 4 is 23.7 Å². The first-order chi connectivity index (χ1) is 15.6. The number of amides is 3. The number of unbranched alkanes of at least 4 members (excludes halogenated alkanes) is 1. The monoisotopic (exact) mass is 463 g/mol. The van der Waals surface area contributed by atoms with Crippen LogP contribution in [-0.2, 0) is 25.6 Å². The number of hydrogen-bond acceptors (Lipinski definition) is 6. The smallest absolute Gasteiger partial charge is 0.326 e. The van der Waals surface area contributed by atoms with E-state index in [9.17, 15) is 24.3 Å². The maximum absolute atomic E-state index is 12.9. The Morgan fingerprint density at radius 2 is 1.48 bits per heavy atom. The summed E-state index contributed by atoms with van der Waals surface area (Å²) in [4.78, 5) is 49.6. The summed E-state index contributed by atoms with van der Waals surface area (Å²) in [7, 11) is 0. The summed E-state index contributed by atoms with van der Waals surface area (Å²) in [5.41, 5.74) is 11.9. The van der Waals surface area contributed by atoms with Crippen LogP contribution in [0.25, 0.3) is 0 Å². The summed E-state index contributed by atoms with van der Waals surface area (Å²) >= 11 is 0. The quantitative estimate of drug-likeness (QED) is 0.209. The summed E-state index contributed by atoms with van der Waals surface area (Å²) in [6.45, 7) is 5.43. The average molecular weight is 464 g/mol. The van der Waals surface area contributed by atoms with Crippen LogP contribution in [0.3, 0.4) is 0 Å². The number of carboxylic acid groups (broad SMARTS) is 1. The Balaban J connectivity index is 2.92. The minimum Gasteiger partial charge on any atom is -0.480 e. The van der Waals surface area contributed by atoms with E-state index in [1.54, 1.807) is 38.1 Å². The summed E-state index contributed by atoms with van der Waals surface area (Å²) in [5.74, 6) is -3.13. The molecule has 0 bridgehead atoms. The topological polar surface area (TPSA) is 177 Å². The molecule has 1 rings (SSSR count). The van der Waals surface area contributed by atoms with E-state index >= 15 is 0 Å². The van der Waals surface area contributed by atoms with E-state index in [0.717, 1.165) is 5.56 Å². The molecule has 4 atom stereocenters. The van der Waals surface area contributed by atoms with Gasteiger partial charge in [-0.3, -0.25) is 14.4 Å². The zero-order valence-corrected chi connectivity index (χ0v) is 19.5. The van der Waals surface area contributed by atoms with Crippen LogP contribution in [0.5, 0.6) is 0 Å². The van der Waals surface area contributed by atoms with Crippen molar-refractivity contribution in [3.05, 3.63) is 35.9 Å². The summed E-state index contributed by atoms with van der Waals surface area (Å²) < 4.78 is 0. The lowest BCUT2D eigenvalue weighted by Gasteiger charge is -2.27. The molecule has 0 heterocycles. The van der Waals surface area contributed by atoms with Gasteiger partial charge in [0.25, 0.3) is 0 Å². The molecule has 184 valence electrons. The van der Waals surface area contributed by atoms with Crippen molar-refractivity contribution in [3.63, 3.8) is 0 Å². The molecule has 0 aromatic heterocycles. The maximum atomic E-state index is 12.9. The van der Waals surface area contributed by atoms with Crippen molar-refractivity contribution in [1.29, 1.82) is 0 Å². The number of carboxylic acids is 1. The Kier molecular flexibility index (Phi) is 12.1. The molecule has 10 heteroatoms. The normalized spacial score (nSPS) is 14.6. The van der Waals surface area contributed by atoms with Gasteiger partial charge in [-0.1, -0.05) is 44.2 Å². The van der Waals surface area contributed by atoms with Gasteiger partial charge in [0.05, 0.1) is 6.04 Å². The zero-order chi connectivity index (χ0) is 25.0. The van der Waals surface area contributed by atoms with Gasteiger partial charge < -0.3 is 32.5 Å². The Labute approximate surface area is 194 Å². The number of carbonyl (C=O) groups excluding carboxylic acids is 3. The molecule has 4 unspecified atom stereocenters. The highest BCUT2D eigenvalue weighted by Crippen LogP contribution is 2.08. The standard InChI is InChI=1S/C23H37N5O5/c1-14(2)19(22(31)27-18(23(32)33)13-16-9-5-4-6-10-16)28-21(30)17(11-7-8-12-24)26-20(29)15(3)25/h4-6,9-10,14-15,17-19H,7-8,11-13,24-25H2,1-3H3,(H,26,29)(H,27,31)(H,28,30)(H,32,33). The lowest BCUT2D eigenvalue weighted by Crippen LogP contribution is -2.58. The molecule has 0 aliphatic carbocycles. The van der Waals surface area contributed by atoms with Crippen LogP contribution in [0.2, 0.25) is 0 Å². The van der Waals surface area contributed by atoms with Gasteiger partial charge in [0.2, 0.25) is 17.7 Å². The molecule has 0 fully saturated rings. The fourth-order valence-electron chi connectivity index (χ4n) is 3.16. The first-order valence-corrected chi connectivity index (χ1v) is 11.2. The summed E-state index contributed by atoms with van der Waals surface area (Å²) in [5, 5.41) is 17.4. The SMILES string of the molecule is CC(N)C(=O)NC(CCCCN)C(=O)NC(C(=O)NC(Cc1ccccc1)C(=O)O)C(C)C. The lowest BCUT2D eigenvalue weighted by molar-refractivity contribution is -0.142. The van der Waals surface area contributed by atoms with Crippen LogP contribution in [0.4, 0.5) is 0 Å². The largest absolute Gasteiger partial charge is 0.480 e. The van der Waals surface area contributed by atoms with Gasteiger partial charge >= 0.3 is 5.97 Å². The second-order valence-electron chi connectivity index (χ2n) is 8.45. The second-order valence-corrected chi connectivity index (χ2v) is 8.45. The zero-order valence-electron chi connectivity index (χ0n) is 19.5. The van der Waals surface area contributed by atoms with Crippen LogP contribution in [0, 0.1) is 5.92 Å². The minimum atomic E-state index is -1.18. The van der Waals surface area contributed by atoms with Gasteiger partial charge in [-0.2, -0.15) is 0 Å². The molecule has 3 amide bonds. The molecule has 1 aromatic rings. The van der Waals surface area contributed by atoms with Crippen molar-refractivity contribution < 1.29 is 24.3 Å². The number of carbonyl (C=O) groups is 4. The van der Waals surface area contributed by atoms with Crippen LogP contribution in [0.15, 0.2) is 30.3 Å². The van der Waals surface area contributed by atoms with Gasteiger partial charge in [0, 0.05) is 6.42 Å². The van der Waals surface area contributed by atoms with Crippen molar-refractivity contribution in [3.8, 4) is 0 Å².